The van der Waals surface area contributed by atoms with Gasteiger partial charge in [-0.3, -0.25) is 4.68 Å². The number of hydrogen-bond acceptors (Lipinski definition) is 3. The Hall–Kier alpha value is -0.390. The molecule has 1 aromatic heterocycles. The van der Waals surface area contributed by atoms with E-state index in [1.807, 2.05) is 0 Å². The van der Waals surface area contributed by atoms with Crippen molar-refractivity contribution in [1.82, 2.24) is 15.1 Å². The summed E-state index contributed by atoms with van der Waals surface area (Å²) in [6, 6.07) is 0.414. The third kappa shape index (κ3) is 4.86. The monoisotopic (exact) mass is 345 g/mol. The molecule has 1 unspecified atom stereocenters. The van der Waals surface area contributed by atoms with E-state index >= 15 is 0 Å². The molecule has 1 rings (SSSR count). The van der Waals surface area contributed by atoms with Crippen LogP contribution in [0.5, 0.6) is 0 Å². The molecule has 0 spiro atoms. The summed E-state index contributed by atoms with van der Waals surface area (Å²) in [7, 11) is 1.77. The summed E-state index contributed by atoms with van der Waals surface area (Å²) in [6.07, 6.45) is 4.21. The Kier molecular flexibility index (Phi) is 8.41. The maximum Gasteiger partial charge on any atom is 0.0766 e. The zero-order valence-electron chi connectivity index (χ0n) is 13.2. The van der Waals surface area contributed by atoms with Gasteiger partial charge in [-0.1, -0.05) is 13.8 Å². The molecule has 20 heavy (non-hydrogen) atoms. The SMILES string of the molecule is CCCNC(CCc1c(Br)c(CC)nn1CC)COC. The van der Waals surface area contributed by atoms with Crippen LogP contribution in [0, 0.1) is 0 Å². The molecule has 0 aromatic carbocycles. The molecule has 1 heterocycles. The second-order valence-electron chi connectivity index (χ2n) is 5.02. The van der Waals surface area contributed by atoms with E-state index in [-0.39, 0.29) is 0 Å². The van der Waals surface area contributed by atoms with E-state index in [0.29, 0.717) is 6.04 Å². The molecular weight excluding hydrogens is 318 g/mol. The minimum absolute atomic E-state index is 0.414. The molecule has 116 valence electrons. The lowest BCUT2D eigenvalue weighted by molar-refractivity contribution is 0.162. The van der Waals surface area contributed by atoms with E-state index in [1.165, 1.54) is 10.2 Å². The molecule has 0 bridgehead atoms. The molecule has 4 nitrogen and oxygen atoms in total. The van der Waals surface area contributed by atoms with Crippen molar-refractivity contribution in [2.45, 2.75) is 59.0 Å². The Labute approximate surface area is 131 Å². The van der Waals surface area contributed by atoms with E-state index in [9.17, 15) is 0 Å². The number of ether oxygens (including phenoxy) is 1. The van der Waals surface area contributed by atoms with Crippen molar-refractivity contribution >= 4 is 15.9 Å². The van der Waals surface area contributed by atoms with Crippen molar-refractivity contribution in [1.29, 1.82) is 0 Å². The minimum atomic E-state index is 0.414. The number of nitrogens with zero attached hydrogens (tertiary/aromatic N) is 2. The topological polar surface area (TPSA) is 39.1 Å². The van der Waals surface area contributed by atoms with Crippen LogP contribution in [0.4, 0.5) is 0 Å². The van der Waals surface area contributed by atoms with Crippen LogP contribution in [0.3, 0.4) is 0 Å². The van der Waals surface area contributed by atoms with Crippen molar-refractivity contribution in [3.63, 3.8) is 0 Å². The average molecular weight is 346 g/mol. The van der Waals surface area contributed by atoms with Gasteiger partial charge in [-0.25, -0.2) is 0 Å². The van der Waals surface area contributed by atoms with Gasteiger partial charge in [-0.2, -0.15) is 5.10 Å². The number of rotatable bonds is 10. The van der Waals surface area contributed by atoms with Gasteiger partial charge in [-0.15, -0.1) is 0 Å². The highest BCUT2D eigenvalue weighted by Crippen LogP contribution is 2.24. The van der Waals surface area contributed by atoms with Crippen LogP contribution in [0.15, 0.2) is 4.47 Å². The van der Waals surface area contributed by atoms with Gasteiger partial charge < -0.3 is 10.1 Å². The van der Waals surface area contributed by atoms with Crippen LogP contribution in [0.2, 0.25) is 0 Å². The lowest BCUT2D eigenvalue weighted by atomic mass is 10.1. The second kappa shape index (κ2) is 9.53. The second-order valence-corrected chi connectivity index (χ2v) is 5.81. The highest BCUT2D eigenvalue weighted by molar-refractivity contribution is 9.10. The van der Waals surface area contributed by atoms with Crippen molar-refractivity contribution in [3.8, 4) is 0 Å². The molecule has 0 aliphatic heterocycles. The number of halogens is 1. The molecule has 0 aliphatic carbocycles. The maximum absolute atomic E-state index is 5.31. The molecule has 0 aliphatic rings. The summed E-state index contributed by atoms with van der Waals surface area (Å²) >= 11 is 3.71. The smallest absolute Gasteiger partial charge is 0.0766 e. The lowest BCUT2D eigenvalue weighted by Crippen LogP contribution is -2.34. The van der Waals surface area contributed by atoms with Crippen molar-refractivity contribution in [2.75, 3.05) is 20.3 Å². The Balaban J connectivity index is 2.68. The van der Waals surface area contributed by atoms with Gasteiger partial charge in [0.1, 0.15) is 0 Å². The summed E-state index contributed by atoms with van der Waals surface area (Å²) in [4.78, 5) is 0. The molecular formula is C15H28BrN3O. The van der Waals surface area contributed by atoms with E-state index in [1.54, 1.807) is 7.11 Å². The Morgan fingerprint density at radius 1 is 1.35 bits per heavy atom. The summed E-state index contributed by atoms with van der Waals surface area (Å²) < 4.78 is 8.61. The molecule has 1 N–H and O–H groups in total. The van der Waals surface area contributed by atoms with Crippen LogP contribution >= 0.6 is 15.9 Å². The number of aryl methyl sites for hydroxylation is 2. The molecule has 0 amide bonds. The average Bonchev–Trinajstić information content (AvgIpc) is 2.77. The molecule has 1 aromatic rings. The highest BCUT2D eigenvalue weighted by Gasteiger charge is 2.16. The minimum Gasteiger partial charge on any atom is -0.383 e. The van der Waals surface area contributed by atoms with E-state index < -0.39 is 0 Å². The van der Waals surface area contributed by atoms with Crippen molar-refractivity contribution < 1.29 is 4.74 Å². The maximum atomic E-state index is 5.31. The van der Waals surface area contributed by atoms with Gasteiger partial charge in [-0.05, 0) is 55.1 Å². The largest absolute Gasteiger partial charge is 0.383 e. The number of aromatic nitrogens is 2. The van der Waals surface area contributed by atoms with Gasteiger partial charge >= 0.3 is 0 Å². The summed E-state index contributed by atoms with van der Waals surface area (Å²) in [5, 5.41) is 8.20. The van der Waals surface area contributed by atoms with Crippen LogP contribution in [-0.2, 0) is 24.1 Å². The normalized spacial score (nSPS) is 12.8. The Morgan fingerprint density at radius 3 is 2.65 bits per heavy atom. The zero-order chi connectivity index (χ0) is 15.0. The van der Waals surface area contributed by atoms with Gasteiger partial charge in [0.2, 0.25) is 0 Å². The summed E-state index contributed by atoms with van der Waals surface area (Å²) in [5.41, 5.74) is 2.47. The van der Waals surface area contributed by atoms with Crippen molar-refractivity contribution in [2.24, 2.45) is 0 Å². The fraction of sp³-hybridized carbons (Fsp3) is 0.800. The third-order valence-corrected chi connectivity index (χ3v) is 4.39. The van der Waals surface area contributed by atoms with E-state index in [2.05, 4.69) is 51.8 Å². The molecule has 0 radical (unpaired) electrons. The van der Waals surface area contributed by atoms with Gasteiger partial charge in [0, 0.05) is 19.7 Å². The van der Waals surface area contributed by atoms with Crippen LogP contribution in [0.1, 0.15) is 45.0 Å². The first-order chi connectivity index (χ1) is 9.67. The van der Waals surface area contributed by atoms with Crippen LogP contribution in [-0.4, -0.2) is 36.1 Å². The Bertz CT molecular complexity index is 393. The fourth-order valence-corrected chi connectivity index (χ4v) is 3.12. The number of hydrogen-bond donors (Lipinski definition) is 1. The van der Waals surface area contributed by atoms with Gasteiger partial charge in [0.25, 0.3) is 0 Å². The predicted octanol–water partition coefficient (Wildman–Crippen LogP) is 3.18. The molecule has 1 atom stereocenters. The number of nitrogens with one attached hydrogen (secondary N) is 1. The summed E-state index contributed by atoms with van der Waals surface area (Å²) in [5.74, 6) is 0. The van der Waals surface area contributed by atoms with E-state index in [0.717, 1.165) is 51.1 Å². The quantitative estimate of drug-likeness (QED) is 0.707. The first-order valence-corrected chi connectivity index (χ1v) is 8.43. The Morgan fingerprint density at radius 2 is 2.10 bits per heavy atom. The predicted molar refractivity (Wildman–Crippen MR) is 87.3 cm³/mol. The van der Waals surface area contributed by atoms with Crippen LogP contribution < -0.4 is 5.32 Å². The molecule has 0 saturated carbocycles. The first kappa shape index (κ1) is 17.7. The standard InChI is InChI=1S/C15H28BrN3O/c1-5-10-17-12(11-20-4)8-9-14-15(16)13(6-2)18-19(14)7-3/h12,17H,5-11H2,1-4H3. The lowest BCUT2D eigenvalue weighted by Gasteiger charge is -2.17. The van der Waals surface area contributed by atoms with E-state index in [4.69, 9.17) is 4.74 Å². The van der Waals surface area contributed by atoms with Crippen molar-refractivity contribution in [3.05, 3.63) is 15.9 Å². The molecule has 0 fully saturated rings. The third-order valence-electron chi connectivity index (χ3n) is 3.47. The first-order valence-electron chi connectivity index (χ1n) is 7.64. The summed E-state index contributed by atoms with van der Waals surface area (Å²) in [6.45, 7) is 9.21. The highest BCUT2D eigenvalue weighted by atomic mass is 79.9. The fourth-order valence-electron chi connectivity index (χ4n) is 2.36. The van der Waals surface area contributed by atoms with Gasteiger partial charge in [0.15, 0.2) is 0 Å². The van der Waals surface area contributed by atoms with Gasteiger partial charge in [0.05, 0.1) is 22.5 Å². The van der Waals surface area contributed by atoms with Crippen LogP contribution in [0.25, 0.3) is 0 Å². The molecule has 5 heteroatoms. The molecule has 0 saturated heterocycles. The zero-order valence-corrected chi connectivity index (χ0v) is 14.8. The number of methoxy groups -OCH3 is 1.